The van der Waals surface area contributed by atoms with Gasteiger partial charge in [-0.2, -0.15) is 0 Å². The van der Waals surface area contributed by atoms with Gasteiger partial charge in [-0.1, -0.05) is 0 Å². The van der Waals surface area contributed by atoms with Gasteiger partial charge in [-0.15, -0.1) is 0 Å². The Hall–Kier alpha value is -0.0700. The van der Waals surface area contributed by atoms with E-state index in [1.54, 1.807) is 0 Å². The first-order valence-electron chi connectivity index (χ1n) is 4.53. The summed E-state index contributed by atoms with van der Waals surface area (Å²) in [5.74, 6) is 0. The van der Waals surface area contributed by atoms with Gasteiger partial charge in [0.15, 0.2) is 6.73 Å². The molecule has 0 amide bonds. The molecule has 0 aromatic rings. The Labute approximate surface area is 91.0 Å². The van der Waals surface area contributed by atoms with Crippen LogP contribution in [-0.4, -0.2) is 38.5 Å². The van der Waals surface area contributed by atoms with Gasteiger partial charge < -0.3 is 9.22 Å². The van der Waals surface area contributed by atoms with Gasteiger partial charge in [0.05, 0.1) is 20.6 Å². The third-order valence-electron chi connectivity index (χ3n) is 1.50. The van der Waals surface area contributed by atoms with Gasteiger partial charge in [0.25, 0.3) is 0 Å². The second kappa shape index (κ2) is 4.66. The van der Waals surface area contributed by atoms with Crippen molar-refractivity contribution in [2.24, 2.45) is 0 Å². The van der Waals surface area contributed by atoms with Crippen molar-refractivity contribution in [3.63, 3.8) is 0 Å². The summed E-state index contributed by atoms with van der Waals surface area (Å²) in [6, 6.07) is 0. The quantitative estimate of drug-likeness (QED) is 0.319. The van der Waals surface area contributed by atoms with Crippen LogP contribution in [0.1, 0.15) is 13.8 Å². The molecule has 0 saturated heterocycles. The van der Waals surface area contributed by atoms with Crippen molar-refractivity contribution < 1.29 is 34.4 Å². The normalized spacial score (nSPS) is 16.9. The molecule has 0 bridgehead atoms. The van der Waals surface area contributed by atoms with Gasteiger partial charge in [-0.3, -0.25) is 0 Å². The number of quaternary nitrogens is 1. The summed E-state index contributed by atoms with van der Waals surface area (Å²) >= 11 is 0. The second-order valence-corrected chi connectivity index (χ2v) is 5.75. The molecule has 0 radical (unpaired) electrons. The third kappa shape index (κ3) is 37.0. The minimum atomic E-state index is -10.7. The summed E-state index contributed by atoms with van der Waals surface area (Å²) in [5, 5.41) is 0. The van der Waals surface area contributed by atoms with Crippen molar-refractivity contribution in [1.29, 1.82) is 0 Å². The average Bonchev–Trinajstić information content (AvgIpc) is 1.95. The summed E-state index contributed by atoms with van der Waals surface area (Å²) in [7, 11) is -6.33. The van der Waals surface area contributed by atoms with E-state index in [0.717, 1.165) is 24.4 Å². The van der Waals surface area contributed by atoms with Gasteiger partial charge in [0, 0.05) is 6.61 Å². The van der Waals surface area contributed by atoms with Crippen LogP contribution in [0.4, 0.5) is 25.2 Å². The molecule has 16 heavy (non-hydrogen) atoms. The molecule has 0 N–H and O–H groups in total. The molecule has 0 atom stereocenters. The van der Waals surface area contributed by atoms with Crippen LogP contribution in [0.15, 0.2) is 0 Å². The number of rotatable bonds is 4. The van der Waals surface area contributed by atoms with Crippen LogP contribution >= 0.6 is 7.81 Å². The van der Waals surface area contributed by atoms with Crippen LogP contribution in [0.3, 0.4) is 0 Å². The van der Waals surface area contributed by atoms with Crippen LogP contribution in [-0.2, 0) is 4.74 Å². The average molecular weight is 277 g/mol. The molecule has 0 aromatic carbocycles. The molecule has 0 rings (SSSR count). The van der Waals surface area contributed by atoms with Crippen molar-refractivity contribution in [2.75, 3.05) is 34.0 Å². The summed E-state index contributed by atoms with van der Waals surface area (Å²) < 4.78 is 65.4. The molecule has 0 aromatic heterocycles. The first kappa shape index (κ1) is 18.3. The number of ether oxygens (including phenoxy) is 1. The Bertz CT molecular complexity index is 198. The fraction of sp³-hybridized carbons (Fsp3) is 1.00. The molecule has 9 heteroatoms. The standard InChI is InChI=1S/C7H18NO.F6P/c1-5-8(3,4)7-9-6-2;1-7(2,3,4,5)6/h5-7H2,1-4H3;/q+1;-1. The van der Waals surface area contributed by atoms with Crippen molar-refractivity contribution in [1.82, 2.24) is 0 Å². The van der Waals surface area contributed by atoms with Gasteiger partial charge >= 0.3 is 33.0 Å². The van der Waals surface area contributed by atoms with Crippen LogP contribution in [0, 0.1) is 0 Å². The van der Waals surface area contributed by atoms with Gasteiger partial charge in [0.2, 0.25) is 0 Å². The van der Waals surface area contributed by atoms with Gasteiger partial charge in [0.1, 0.15) is 0 Å². The van der Waals surface area contributed by atoms with E-state index in [4.69, 9.17) is 4.74 Å². The molecule has 0 aliphatic rings. The maximum atomic E-state index is 9.87. The van der Waals surface area contributed by atoms with E-state index in [0.29, 0.717) is 0 Å². The predicted octanol–water partition coefficient (Wildman–Crippen LogP) is 4.46. The van der Waals surface area contributed by atoms with E-state index in [2.05, 4.69) is 21.0 Å². The van der Waals surface area contributed by atoms with Crippen LogP contribution in [0.2, 0.25) is 0 Å². The fourth-order valence-electron chi connectivity index (χ4n) is 0.430. The molecule has 0 saturated carbocycles. The van der Waals surface area contributed by atoms with E-state index in [1.165, 1.54) is 0 Å². The molecule has 0 aliphatic heterocycles. The zero-order valence-electron chi connectivity index (χ0n) is 9.69. The van der Waals surface area contributed by atoms with Crippen LogP contribution in [0.25, 0.3) is 0 Å². The van der Waals surface area contributed by atoms with E-state index < -0.39 is 7.81 Å². The van der Waals surface area contributed by atoms with Crippen molar-refractivity contribution in [3.05, 3.63) is 0 Å². The Kier molecular flexibility index (Phi) is 5.33. The summed E-state index contributed by atoms with van der Waals surface area (Å²) in [4.78, 5) is 0. The number of hydrogen-bond donors (Lipinski definition) is 0. The van der Waals surface area contributed by atoms with Crippen molar-refractivity contribution in [2.45, 2.75) is 13.8 Å². The Balaban J connectivity index is 0. The minimum absolute atomic E-state index is 0.821. The number of halogens is 6. The first-order chi connectivity index (χ1) is 6.57. The molecular formula is C7H18F6NOP. The topological polar surface area (TPSA) is 9.23 Å². The number of nitrogens with zero attached hydrogens (tertiary/aromatic N) is 1. The SMILES string of the molecule is CCOC[N+](C)(C)CC.F[P-](F)(F)(F)(F)F. The molecule has 0 spiro atoms. The van der Waals surface area contributed by atoms with Gasteiger partial charge in [-0.05, 0) is 13.8 Å². The van der Waals surface area contributed by atoms with Crippen molar-refractivity contribution in [3.8, 4) is 0 Å². The summed E-state index contributed by atoms with van der Waals surface area (Å²) in [6.07, 6.45) is 0. The van der Waals surface area contributed by atoms with Crippen molar-refractivity contribution >= 4 is 7.81 Å². The van der Waals surface area contributed by atoms with Gasteiger partial charge in [-0.25, -0.2) is 0 Å². The Morgan fingerprint density at radius 3 is 1.44 bits per heavy atom. The van der Waals surface area contributed by atoms with E-state index in [9.17, 15) is 25.2 Å². The summed E-state index contributed by atoms with van der Waals surface area (Å²) in [5.41, 5.74) is 0. The molecule has 0 aliphatic carbocycles. The molecule has 104 valence electrons. The molecule has 0 heterocycles. The third-order valence-corrected chi connectivity index (χ3v) is 1.50. The monoisotopic (exact) mass is 277 g/mol. The molecule has 0 unspecified atom stereocenters. The fourth-order valence-corrected chi connectivity index (χ4v) is 0.430. The van der Waals surface area contributed by atoms with E-state index >= 15 is 0 Å². The molecular weight excluding hydrogens is 259 g/mol. The zero-order valence-corrected chi connectivity index (χ0v) is 10.6. The second-order valence-electron chi connectivity index (χ2n) is 3.83. The zero-order chi connectivity index (χ0) is 13.7. The molecule has 2 nitrogen and oxygen atoms in total. The maximum absolute atomic E-state index is 10.7. The van der Waals surface area contributed by atoms with Crippen LogP contribution in [0.5, 0.6) is 0 Å². The van der Waals surface area contributed by atoms with E-state index in [-0.39, 0.29) is 0 Å². The number of hydrogen-bond acceptors (Lipinski definition) is 1. The van der Waals surface area contributed by atoms with Crippen LogP contribution < -0.4 is 0 Å². The molecule has 0 fully saturated rings. The summed E-state index contributed by atoms with van der Waals surface area (Å²) in [6.45, 7) is 6.96. The predicted molar refractivity (Wildman–Crippen MR) is 52.7 cm³/mol. The Morgan fingerprint density at radius 2 is 1.25 bits per heavy atom. The Morgan fingerprint density at radius 1 is 0.938 bits per heavy atom. The van der Waals surface area contributed by atoms with E-state index in [1.807, 2.05) is 6.92 Å². The first-order valence-corrected chi connectivity index (χ1v) is 6.56.